The van der Waals surface area contributed by atoms with E-state index in [9.17, 15) is 14.4 Å². The highest BCUT2D eigenvalue weighted by molar-refractivity contribution is 5.71. The summed E-state index contributed by atoms with van der Waals surface area (Å²) < 4.78 is 16.7. The van der Waals surface area contributed by atoms with Crippen molar-refractivity contribution in [1.82, 2.24) is 0 Å². The summed E-state index contributed by atoms with van der Waals surface area (Å²) in [6, 6.07) is 0. The highest BCUT2D eigenvalue weighted by atomic mass is 16.6. The Bertz CT molecular complexity index is 1260. The minimum atomic E-state index is -0.804. The van der Waals surface area contributed by atoms with Crippen LogP contribution in [0.4, 0.5) is 0 Å². The van der Waals surface area contributed by atoms with Gasteiger partial charge < -0.3 is 14.2 Å². The fourth-order valence-electron chi connectivity index (χ4n) is 5.86. The van der Waals surface area contributed by atoms with Gasteiger partial charge >= 0.3 is 17.9 Å². The Hall–Kier alpha value is -3.93. The third kappa shape index (κ3) is 45.0. The maximum Gasteiger partial charge on any atom is 0.306 e. The van der Waals surface area contributed by atoms with E-state index >= 15 is 0 Å². The summed E-state index contributed by atoms with van der Waals surface area (Å²) in [6.45, 7) is 6.33. The zero-order valence-electron chi connectivity index (χ0n) is 37.7. The van der Waals surface area contributed by atoms with Crippen molar-refractivity contribution in [3.63, 3.8) is 0 Å². The summed E-state index contributed by atoms with van der Waals surface area (Å²) in [4.78, 5) is 37.8. The van der Waals surface area contributed by atoms with Crippen molar-refractivity contribution in [3.05, 3.63) is 109 Å². The van der Waals surface area contributed by atoms with Gasteiger partial charge in [0.2, 0.25) is 0 Å². The smallest absolute Gasteiger partial charge is 0.306 e. The van der Waals surface area contributed by atoms with Crippen LogP contribution in [-0.4, -0.2) is 37.2 Å². The van der Waals surface area contributed by atoms with Crippen LogP contribution in [0.3, 0.4) is 0 Å². The maximum atomic E-state index is 12.7. The maximum absolute atomic E-state index is 12.7. The van der Waals surface area contributed by atoms with Crippen LogP contribution in [0.5, 0.6) is 0 Å². The molecule has 0 fully saturated rings. The van der Waals surface area contributed by atoms with E-state index in [-0.39, 0.29) is 31.1 Å². The lowest BCUT2D eigenvalue weighted by Crippen LogP contribution is -2.30. The molecule has 0 saturated carbocycles. The Kier molecular flexibility index (Phi) is 43.6. The van der Waals surface area contributed by atoms with E-state index in [2.05, 4.69) is 57.2 Å². The van der Waals surface area contributed by atoms with Gasteiger partial charge in [0.05, 0.1) is 0 Å². The first-order valence-corrected chi connectivity index (χ1v) is 23.5. The van der Waals surface area contributed by atoms with Crippen molar-refractivity contribution in [1.29, 1.82) is 0 Å². The first-order valence-electron chi connectivity index (χ1n) is 23.5. The van der Waals surface area contributed by atoms with Gasteiger partial charge in [-0.25, -0.2) is 0 Å². The van der Waals surface area contributed by atoms with Gasteiger partial charge in [-0.2, -0.15) is 0 Å². The predicted octanol–water partition coefficient (Wildman–Crippen LogP) is 15.2. The van der Waals surface area contributed by atoms with Gasteiger partial charge in [0.25, 0.3) is 0 Å². The average molecular weight is 817 g/mol. The molecule has 0 aliphatic carbocycles. The van der Waals surface area contributed by atoms with E-state index in [4.69, 9.17) is 14.2 Å². The Labute approximate surface area is 361 Å². The molecule has 1 unspecified atom stereocenters. The lowest BCUT2D eigenvalue weighted by molar-refractivity contribution is -0.167. The van der Waals surface area contributed by atoms with E-state index in [0.717, 1.165) is 96.3 Å². The van der Waals surface area contributed by atoms with Crippen LogP contribution in [0.2, 0.25) is 0 Å². The zero-order valence-corrected chi connectivity index (χ0v) is 37.7. The van der Waals surface area contributed by atoms with Gasteiger partial charge in [-0.3, -0.25) is 14.4 Å². The molecule has 0 amide bonds. The van der Waals surface area contributed by atoms with Gasteiger partial charge in [-0.05, 0) is 77.0 Å². The van der Waals surface area contributed by atoms with E-state index in [0.29, 0.717) is 19.3 Å². The molecule has 0 spiro atoms. The van der Waals surface area contributed by atoms with Crippen molar-refractivity contribution in [2.45, 2.75) is 194 Å². The third-order valence-corrected chi connectivity index (χ3v) is 9.43. The number of hydrogen-bond donors (Lipinski definition) is 0. The van der Waals surface area contributed by atoms with Crippen LogP contribution in [0, 0.1) is 0 Å². The van der Waals surface area contributed by atoms with Crippen molar-refractivity contribution < 1.29 is 28.6 Å². The number of esters is 3. The van der Waals surface area contributed by atoms with Crippen LogP contribution >= 0.6 is 0 Å². The second-order valence-electron chi connectivity index (χ2n) is 15.1. The number of ether oxygens (including phenoxy) is 3. The van der Waals surface area contributed by atoms with E-state index in [1.165, 1.54) is 51.4 Å². The number of rotatable bonds is 40. The van der Waals surface area contributed by atoms with Crippen molar-refractivity contribution in [2.24, 2.45) is 0 Å². The minimum absolute atomic E-state index is 0.103. The standard InChI is InChI=1S/C53H84O6/c1-4-7-10-13-16-19-22-23-24-25-26-27-28-29-32-34-37-40-43-46-52(55)58-49-50(59-53(56)47-44-41-38-35-31-21-18-15-12-9-6-3)48-57-51(54)45-42-39-36-33-30-20-17-14-11-8-5-2/h7,10,13-19,22-29,32,50H,4-6,8-9,11-12,20-21,30-31,33-49H2,1-3H3/b10-7-,16-13-,17-14-,18-15-,22-19-,24-23-,26-25+,28-27-,32-29-. The molecule has 0 aliphatic rings. The summed E-state index contributed by atoms with van der Waals surface area (Å²) in [6.07, 6.45) is 62.1. The summed E-state index contributed by atoms with van der Waals surface area (Å²) >= 11 is 0. The van der Waals surface area contributed by atoms with Gasteiger partial charge in [-0.1, -0.05) is 201 Å². The number of carbonyl (C=O) groups is 3. The molecule has 0 aromatic rings. The highest BCUT2D eigenvalue weighted by Gasteiger charge is 2.19. The molecule has 0 aliphatic heterocycles. The molecule has 0 radical (unpaired) electrons. The Morgan fingerprint density at radius 3 is 1.10 bits per heavy atom. The van der Waals surface area contributed by atoms with Crippen LogP contribution in [0.1, 0.15) is 188 Å². The monoisotopic (exact) mass is 817 g/mol. The second kappa shape index (κ2) is 46.8. The van der Waals surface area contributed by atoms with Gasteiger partial charge in [-0.15, -0.1) is 0 Å². The molecule has 332 valence electrons. The second-order valence-corrected chi connectivity index (χ2v) is 15.1. The first kappa shape index (κ1) is 55.1. The van der Waals surface area contributed by atoms with Crippen LogP contribution in [0.25, 0.3) is 0 Å². The SMILES string of the molecule is CC\C=C/C=C\C=C/C=C\C=C\C=C/C=C\CCCCCC(=O)OCC(COC(=O)CCCCCCC/C=C\CCCC)OC(=O)CCCCCCC/C=C\CCCC. The van der Waals surface area contributed by atoms with Crippen LogP contribution in [-0.2, 0) is 28.6 Å². The number of allylic oxidation sites excluding steroid dienone is 18. The Morgan fingerprint density at radius 2 is 0.678 bits per heavy atom. The Morgan fingerprint density at radius 1 is 0.356 bits per heavy atom. The number of carbonyl (C=O) groups excluding carboxylic acids is 3. The largest absolute Gasteiger partial charge is 0.462 e. The fourth-order valence-corrected chi connectivity index (χ4v) is 5.86. The lowest BCUT2D eigenvalue weighted by Gasteiger charge is -2.18. The van der Waals surface area contributed by atoms with Crippen LogP contribution < -0.4 is 0 Å². The predicted molar refractivity (Wildman–Crippen MR) is 251 cm³/mol. The normalized spacial score (nSPS) is 13.1. The highest BCUT2D eigenvalue weighted by Crippen LogP contribution is 2.12. The molecule has 0 N–H and O–H groups in total. The minimum Gasteiger partial charge on any atom is -0.462 e. The van der Waals surface area contributed by atoms with Gasteiger partial charge in [0.15, 0.2) is 6.10 Å². The van der Waals surface area contributed by atoms with E-state index in [1.54, 1.807) is 0 Å². The molecule has 0 heterocycles. The van der Waals surface area contributed by atoms with Crippen LogP contribution in [0.15, 0.2) is 109 Å². The summed E-state index contributed by atoms with van der Waals surface area (Å²) in [5.74, 6) is -0.980. The summed E-state index contributed by atoms with van der Waals surface area (Å²) in [5.41, 5.74) is 0. The Balaban J connectivity index is 4.50. The van der Waals surface area contributed by atoms with Gasteiger partial charge in [0, 0.05) is 19.3 Å². The molecule has 0 bridgehead atoms. The summed E-state index contributed by atoms with van der Waals surface area (Å²) in [7, 11) is 0. The lowest BCUT2D eigenvalue weighted by atomic mass is 10.1. The number of unbranched alkanes of at least 4 members (excludes halogenated alkanes) is 17. The van der Waals surface area contributed by atoms with E-state index in [1.807, 2.05) is 72.9 Å². The molecule has 6 heteroatoms. The number of hydrogen-bond acceptors (Lipinski definition) is 6. The molecule has 59 heavy (non-hydrogen) atoms. The third-order valence-electron chi connectivity index (χ3n) is 9.43. The zero-order chi connectivity index (χ0) is 43.0. The average Bonchev–Trinajstić information content (AvgIpc) is 3.23. The molecular weight excluding hydrogens is 733 g/mol. The molecule has 0 aromatic carbocycles. The quantitative estimate of drug-likeness (QED) is 0.0201. The van der Waals surface area contributed by atoms with Crippen molar-refractivity contribution >= 4 is 17.9 Å². The topological polar surface area (TPSA) is 78.9 Å². The van der Waals surface area contributed by atoms with Crippen molar-refractivity contribution in [3.8, 4) is 0 Å². The molecule has 0 rings (SSSR count). The first-order chi connectivity index (χ1) is 29.0. The molecule has 0 saturated heterocycles. The summed E-state index contributed by atoms with van der Waals surface area (Å²) in [5, 5.41) is 0. The molecule has 0 aromatic heterocycles. The molecular formula is C53H84O6. The van der Waals surface area contributed by atoms with Crippen molar-refractivity contribution in [2.75, 3.05) is 13.2 Å². The molecule has 1 atom stereocenters. The molecule has 6 nitrogen and oxygen atoms in total. The van der Waals surface area contributed by atoms with Gasteiger partial charge in [0.1, 0.15) is 13.2 Å². The van der Waals surface area contributed by atoms with E-state index < -0.39 is 6.10 Å². The fraction of sp³-hybridized carbons (Fsp3) is 0.604.